The number of hydrogen-bond donors (Lipinski definition) is 1. The second-order valence-corrected chi connectivity index (χ2v) is 4.93. The van der Waals surface area contributed by atoms with Crippen LogP contribution in [0.15, 0.2) is 42.5 Å². The highest BCUT2D eigenvalue weighted by Gasteiger charge is 2.37. The maximum absolute atomic E-state index is 12.9. The fraction of sp³-hybridized carbons (Fsp3) is 0.250. The van der Waals surface area contributed by atoms with E-state index >= 15 is 0 Å². The zero-order valence-electron chi connectivity index (χ0n) is 11.7. The molecule has 0 fully saturated rings. The van der Waals surface area contributed by atoms with E-state index in [9.17, 15) is 26.3 Å². The summed E-state index contributed by atoms with van der Waals surface area (Å²) in [6, 6.07) is 7.57. The molecule has 0 aromatic heterocycles. The average molecular weight is 334 g/mol. The highest BCUT2D eigenvalue weighted by atomic mass is 19.4. The van der Waals surface area contributed by atoms with Crippen LogP contribution in [0.2, 0.25) is 0 Å². The van der Waals surface area contributed by atoms with Gasteiger partial charge in [-0.3, -0.25) is 0 Å². The summed E-state index contributed by atoms with van der Waals surface area (Å²) in [5.74, 6) is 0. The Morgan fingerprint density at radius 2 is 1.30 bits per heavy atom. The Balaban J connectivity index is 2.67. The fourth-order valence-corrected chi connectivity index (χ4v) is 2.25. The third kappa shape index (κ3) is 4.04. The molecule has 0 aliphatic carbocycles. The zero-order chi connectivity index (χ0) is 17.3. The first-order valence-corrected chi connectivity index (χ1v) is 6.61. The lowest BCUT2D eigenvalue weighted by Crippen LogP contribution is -2.11. The largest absolute Gasteiger partial charge is 0.416 e. The van der Waals surface area contributed by atoms with Gasteiger partial charge in [-0.2, -0.15) is 26.3 Å². The Morgan fingerprint density at radius 1 is 0.783 bits per heavy atom. The van der Waals surface area contributed by atoms with Crippen molar-refractivity contribution in [2.24, 2.45) is 0 Å². The van der Waals surface area contributed by atoms with Gasteiger partial charge >= 0.3 is 12.4 Å². The van der Waals surface area contributed by atoms with Crippen molar-refractivity contribution in [3.63, 3.8) is 0 Å². The van der Waals surface area contributed by atoms with Crippen molar-refractivity contribution >= 4 is 0 Å². The predicted octanol–water partition coefficient (Wildman–Crippen LogP) is 4.93. The summed E-state index contributed by atoms with van der Waals surface area (Å²) < 4.78 is 77.4. The van der Waals surface area contributed by atoms with Crippen LogP contribution in [0.3, 0.4) is 0 Å². The number of halogens is 6. The fourth-order valence-electron chi connectivity index (χ4n) is 2.25. The van der Waals surface area contributed by atoms with E-state index in [0.717, 1.165) is 0 Å². The van der Waals surface area contributed by atoms with Crippen molar-refractivity contribution in [1.82, 2.24) is 0 Å². The number of aliphatic hydroxyl groups is 1. The molecule has 23 heavy (non-hydrogen) atoms. The number of aliphatic hydroxyl groups excluding tert-OH is 1. The number of benzene rings is 2. The normalized spacial score (nSPS) is 12.5. The minimum Gasteiger partial charge on any atom is -0.396 e. The number of rotatable bonds is 3. The van der Waals surface area contributed by atoms with Crippen molar-refractivity contribution in [3.8, 4) is 11.1 Å². The van der Waals surface area contributed by atoms with E-state index in [1.54, 1.807) is 12.1 Å². The van der Waals surface area contributed by atoms with Crippen molar-refractivity contribution < 1.29 is 31.4 Å². The SMILES string of the molecule is OCCc1ccccc1-c1cc(C(F)(F)F)cc(C(F)(F)F)c1. The Kier molecular flexibility index (Phi) is 4.70. The molecule has 0 aliphatic heterocycles. The summed E-state index contributed by atoms with van der Waals surface area (Å²) in [5.41, 5.74) is -2.20. The summed E-state index contributed by atoms with van der Waals surface area (Å²) in [6.45, 7) is -0.262. The molecule has 0 bridgehead atoms. The van der Waals surface area contributed by atoms with Crippen LogP contribution in [0.4, 0.5) is 26.3 Å². The molecule has 0 unspecified atom stereocenters. The van der Waals surface area contributed by atoms with Crippen LogP contribution >= 0.6 is 0 Å². The quantitative estimate of drug-likeness (QED) is 0.790. The van der Waals surface area contributed by atoms with Crippen LogP contribution in [0.5, 0.6) is 0 Å². The first-order valence-electron chi connectivity index (χ1n) is 6.61. The standard InChI is InChI=1S/C16H12F6O/c17-15(18,19)12-7-11(8-13(9-12)16(20,21)22)14-4-2-1-3-10(14)5-6-23/h1-4,7-9,23H,5-6H2. The Hall–Kier alpha value is -2.02. The monoisotopic (exact) mass is 334 g/mol. The second-order valence-electron chi connectivity index (χ2n) is 4.93. The van der Waals surface area contributed by atoms with Gasteiger partial charge in [0.2, 0.25) is 0 Å². The highest BCUT2D eigenvalue weighted by Crippen LogP contribution is 2.39. The van der Waals surface area contributed by atoms with E-state index in [-0.39, 0.29) is 30.2 Å². The van der Waals surface area contributed by atoms with E-state index in [1.165, 1.54) is 12.1 Å². The van der Waals surface area contributed by atoms with Gasteiger partial charge in [-0.1, -0.05) is 24.3 Å². The van der Waals surface area contributed by atoms with Crippen LogP contribution in [-0.2, 0) is 18.8 Å². The lowest BCUT2D eigenvalue weighted by Gasteiger charge is -2.16. The molecular weight excluding hydrogens is 322 g/mol. The van der Waals surface area contributed by atoms with Gasteiger partial charge in [0, 0.05) is 6.61 Å². The summed E-state index contributed by atoms with van der Waals surface area (Å²) in [4.78, 5) is 0. The Bertz CT molecular complexity index is 655. The molecule has 0 spiro atoms. The predicted molar refractivity (Wildman–Crippen MR) is 72.7 cm³/mol. The Morgan fingerprint density at radius 3 is 1.78 bits per heavy atom. The van der Waals surface area contributed by atoms with E-state index in [4.69, 9.17) is 5.11 Å². The van der Waals surface area contributed by atoms with Crippen molar-refractivity contribution in [2.75, 3.05) is 6.61 Å². The van der Waals surface area contributed by atoms with Gasteiger partial charge in [-0.05, 0) is 41.3 Å². The molecule has 124 valence electrons. The first kappa shape index (κ1) is 17.3. The maximum Gasteiger partial charge on any atom is 0.416 e. The van der Waals surface area contributed by atoms with Crippen LogP contribution in [-0.4, -0.2) is 11.7 Å². The van der Waals surface area contributed by atoms with Crippen LogP contribution < -0.4 is 0 Å². The molecule has 7 heteroatoms. The lowest BCUT2D eigenvalue weighted by molar-refractivity contribution is -0.143. The molecule has 0 saturated carbocycles. The third-order valence-electron chi connectivity index (χ3n) is 3.30. The molecule has 0 radical (unpaired) electrons. The second kappa shape index (κ2) is 6.23. The van der Waals surface area contributed by atoms with Gasteiger partial charge < -0.3 is 5.11 Å². The van der Waals surface area contributed by atoms with Crippen molar-refractivity contribution in [1.29, 1.82) is 0 Å². The van der Waals surface area contributed by atoms with Crippen LogP contribution in [0.25, 0.3) is 11.1 Å². The van der Waals surface area contributed by atoms with Crippen molar-refractivity contribution in [2.45, 2.75) is 18.8 Å². The molecule has 0 atom stereocenters. The third-order valence-corrected chi connectivity index (χ3v) is 3.30. The summed E-state index contributed by atoms with van der Waals surface area (Å²) in [7, 11) is 0. The van der Waals surface area contributed by atoms with E-state index in [2.05, 4.69) is 0 Å². The minimum absolute atomic E-state index is 0.0954. The first-order chi connectivity index (χ1) is 10.6. The van der Waals surface area contributed by atoms with Crippen LogP contribution in [0, 0.1) is 0 Å². The molecule has 0 aliphatic rings. The van der Waals surface area contributed by atoms with E-state index < -0.39 is 23.5 Å². The summed E-state index contributed by atoms with van der Waals surface area (Å²) in [6.07, 6.45) is -9.64. The van der Waals surface area contributed by atoms with Crippen molar-refractivity contribution in [3.05, 3.63) is 59.2 Å². The van der Waals surface area contributed by atoms with E-state index in [0.29, 0.717) is 17.7 Å². The molecule has 2 aromatic rings. The van der Waals surface area contributed by atoms with Gasteiger partial charge in [0.1, 0.15) is 0 Å². The van der Waals surface area contributed by atoms with Gasteiger partial charge in [-0.15, -0.1) is 0 Å². The molecule has 1 N–H and O–H groups in total. The van der Waals surface area contributed by atoms with Gasteiger partial charge in [-0.25, -0.2) is 0 Å². The molecule has 0 saturated heterocycles. The smallest absolute Gasteiger partial charge is 0.396 e. The zero-order valence-corrected chi connectivity index (χ0v) is 11.7. The maximum atomic E-state index is 12.9. The van der Waals surface area contributed by atoms with Gasteiger partial charge in [0.25, 0.3) is 0 Å². The molecule has 0 amide bonds. The molecule has 2 rings (SSSR count). The highest BCUT2D eigenvalue weighted by molar-refractivity contribution is 5.69. The molecule has 0 heterocycles. The summed E-state index contributed by atoms with van der Waals surface area (Å²) in [5, 5.41) is 9.00. The topological polar surface area (TPSA) is 20.2 Å². The minimum atomic E-state index is -4.89. The summed E-state index contributed by atoms with van der Waals surface area (Å²) >= 11 is 0. The number of hydrogen-bond acceptors (Lipinski definition) is 1. The van der Waals surface area contributed by atoms with Crippen LogP contribution in [0.1, 0.15) is 16.7 Å². The molecular formula is C16H12F6O. The van der Waals surface area contributed by atoms with Gasteiger partial charge in [0.15, 0.2) is 0 Å². The average Bonchev–Trinajstić information content (AvgIpc) is 2.46. The lowest BCUT2D eigenvalue weighted by atomic mass is 9.94. The molecule has 1 nitrogen and oxygen atoms in total. The number of alkyl halides is 6. The Labute approximate surface area is 128 Å². The van der Waals surface area contributed by atoms with E-state index in [1.807, 2.05) is 0 Å². The van der Waals surface area contributed by atoms with Gasteiger partial charge in [0.05, 0.1) is 11.1 Å². The molecule has 2 aromatic carbocycles.